The summed E-state index contributed by atoms with van der Waals surface area (Å²) in [5, 5.41) is 11.6. The Morgan fingerprint density at radius 2 is 1.78 bits per heavy atom. The molecule has 140 valence electrons. The zero-order valence-corrected chi connectivity index (χ0v) is 16.0. The molecule has 0 unspecified atom stereocenters. The van der Waals surface area contributed by atoms with Crippen LogP contribution in [0.25, 0.3) is 0 Å². The fourth-order valence-electron chi connectivity index (χ4n) is 2.65. The van der Waals surface area contributed by atoms with Crippen LogP contribution >= 0.6 is 0 Å². The molecule has 0 aliphatic rings. The second-order valence-electron chi connectivity index (χ2n) is 6.46. The normalized spacial score (nSPS) is 10.7. The van der Waals surface area contributed by atoms with Crippen LogP contribution in [-0.2, 0) is 6.54 Å². The van der Waals surface area contributed by atoms with Crippen molar-refractivity contribution in [2.75, 3.05) is 16.8 Å². The van der Waals surface area contributed by atoms with Gasteiger partial charge in [-0.25, -0.2) is 0 Å². The summed E-state index contributed by atoms with van der Waals surface area (Å²) in [6, 6.07) is 18.1. The van der Waals surface area contributed by atoms with Crippen molar-refractivity contribution < 1.29 is 4.74 Å². The minimum atomic E-state index is 0.155. The molecule has 0 fully saturated rings. The van der Waals surface area contributed by atoms with E-state index in [-0.39, 0.29) is 6.10 Å². The maximum absolute atomic E-state index is 5.67. The van der Waals surface area contributed by atoms with Crippen molar-refractivity contribution in [2.24, 2.45) is 0 Å². The van der Waals surface area contributed by atoms with Crippen LogP contribution in [0.15, 0.2) is 60.8 Å². The van der Waals surface area contributed by atoms with Gasteiger partial charge in [-0.15, -0.1) is 5.10 Å². The molecule has 0 bridgehead atoms. The van der Waals surface area contributed by atoms with Crippen LogP contribution in [0, 0.1) is 0 Å². The highest BCUT2D eigenvalue weighted by Gasteiger charge is 2.10. The number of ether oxygens (including phenoxy) is 1. The number of anilines is 3. The summed E-state index contributed by atoms with van der Waals surface area (Å²) in [6.07, 6.45) is 1.78. The molecule has 0 saturated heterocycles. The van der Waals surface area contributed by atoms with Crippen molar-refractivity contribution in [1.82, 2.24) is 15.2 Å². The van der Waals surface area contributed by atoms with Gasteiger partial charge in [0.05, 0.1) is 12.3 Å². The first-order valence-corrected chi connectivity index (χ1v) is 9.16. The number of nitrogens with zero attached hydrogens (tertiary/aromatic N) is 4. The summed E-state index contributed by atoms with van der Waals surface area (Å²) >= 11 is 0. The number of nitrogens with one attached hydrogen (secondary N) is 1. The molecular weight excluding hydrogens is 338 g/mol. The fourth-order valence-corrected chi connectivity index (χ4v) is 2.65. The van der Waals surface area contributed by atoms with Gasteiger partial charge in [0.2, 0.25) is 5.95 Å². The maximum atomic E-state index is 5.67. The molecule has 6 heteroatoms. The van der Waals surface area contributed by atoms with Crippen molar-refractivity contribution in [2.45, 2.75) is 33.4 Å². The van der Waals surface area contributed by atoms with E-state index in [1.807, 2.05) is 56.3 Å². The first kappa shape index (κ1) is 18.6. The molecule has 27 heavy (non-hydrogen) atoms. The van der Waals surface area contributed by atoms with E-state index < -0.39 is 0 Å². The summed E-state index contributed by atoms with van der Waals surface area (Å²) in [6.45, 7) is 7.63. The Labute approximate surface area is 160 Å². The molecule has 1 N–H and O–H groups in total. The third kappa shape index (κ3) is 5.41. The van der Waals surface area contributed by atoms with Crippen LogP contribution in [0.3, 0.4) is 0 Å². The predicted octanol–water partition coefficient (Wildman–Crippen LogP) is 4.43. The largest absolute Gasteiger partial charge is 0.491 e. The Bertz CT molecular complexity index is 837. The second kappa shape index (κ2) is 8.98. The Kier molecular flexibility index (Phi) is 6.20. The molecule has 6 nitrogen and oxygen atoms in total. The Balaban J connectivity index is 1.70. The third-order valence-corrected chi connectivity index (χ3v) is 3.93. The Hall–Kier alpha value is -3.15. The van der Waals surface area contributed by atoms with Crippen molar-refractivity contribution >= 4 is 17.5 Å². The van der Waals surface area contributed by atoms with Crippen molar-refractivity contribution in [3.63, 3.8) is 0 Å². The van der Waals surface area contributed by atoms with Crippen LogP contribution in [0.1, 0.15) is 26.3 Å². The van der Waals surface area contributed by atoms with E-state index >= 15 is 0 Å². The molecule has 0 atom stereocenters. The minimum absolute atomic E-state index is 0.155. The maximum Gasteiger partial charge on any atom is 0.247 e. The summed E-state index contributed by atoms with van der Waals surface area (Å²) in [7, 11) is 0. The quantitative estimate of drug-likeness (QED) is 0.639. The lowest BCUT2D eigenvalue weighted by Crippen LogP contribution is -2.24. The lowest BCUT2D eigenvalue weighted by atomic mass is 10.2. The molecule has 0 radical (unpaired) electrons. The highest BCUT2D eigenvalue weighted by atomic mass is 16.5. The van der Waals surface area contributed by atoms with E-state index in [4.69, 9.17) is 4.74 Å². The predicted molar refractivity (Wildman–Crippen MR) is 108 cm³/mol. The monoisotopic (exact) mass is 363 g/mol. The molecule has 0 saturated carbocycles. The molecule has 0 aliphatic carbocycles. The standard InChI is InChI=1S/C21H25N5O/c1-4-26(15-17-8-6-5-7-9-17)21-24-20(14-22-25-21)23-18-10-12-19(13-11-18)27-16(2)3/h5-14,16H,4,15H2,1-3H3,(H,23,24,25). The van der Waals surface area contributed by atoms with E-state index in [9.17, 15) is 0 Å². The molecule has 1 aromatic heterocycles. The van der Waals surface area contributed by atoms with Gasteiger partial charge in [-0.05, 0) is 50.6 Å². The average Bonchev–Trinajstić information content (AvgIpc) is 2.68. The zero-order valence-electron chi connectivity index (χ0n) is 16.0. The third-order valence-electron chi connectivity index (χ3n) is 3.93. The van der Waals surface area contributed by atoms with Crippen molar-refractivity contribution in [3.05, 3.63) is 66.4 Å². The molecule has 2 aromatic carbocycles. The van der Waals surface area contributed by atoms with Crippen LogP contribution in [0.5, 0.6) is 5.75 Å². The van der Waals surface area contributed by atoms with E-state index in [1.54, 1.807) is 6.20 Å². The molecule has 3 rings (SSSR count). The molecule has 0 spiro atoms. The zero-order chi connectivity index (χ0) is 19.1. The van der Waals surface area contributed by atoms with Gasteiger partial charge in [0.1, 0.15) is 5.75 Å². The van der Waals surface area contributed by atoms with Crippen LogP contribution < -0.4 is 15.0 Å². The van der Waals surface area contributed by atoms with Gasteiger partial charge < -0.3 is 15.0 Å². The van der Waals surface area contributed by atoms with E-state index in [0.29, 0.717) is 11.8 Å². The van der Waals surface area contributed by atoms with Gasteiger partial charge in [0, 0.05) is 18.8 Å². The highest BCUT2D eigenvalue weighted by molar-refractivity contribution is 5.57. The van der Waals surface area contributed by atoms with Gasteiger partial charge in [-0.2, -0.15) is 10.1 Å². The number of hydrogen-bond acceptors (Lipinski definition) is 6. The Morgan fingerprint density at radius 1 is 1.04 bits per heavy atom. The van der Waals surface area contributed by atoms with E-state index in [2.05, 4.69) is 44.5 Å². The topological polar surface area (TPSA) is 63.2 Å². The van der Waals surface area contributed by atoms with E-state index in [0.717, 1.165) is 24.5 Å². The minimum Gasteiger partial charge on any atom is -0.491 e. The number of benzene rings is 2. The first-order chi connectivity index (χ1) is 13.1. The van der Waals surface area contributed by atoms with Crippen LogP contribution in [0.4, 0.5) is 17.5 Å². The van der Waals surface area contributed by atoms with Crippen LogP contribution in [-0.4, -0.2) is 27.8 Å². The average molecular weight is 363 g/mol. The van der Waals surface area contributed by atoms with Crippen LogP contribution in [0.2, 0.25) is 0 Å². The molecule has 3 aromatic rings. The van der Waals surface area contributed by atoms with Crippen molar-refractivity contribution in [3.8, 4) is 5.75 Å². The number of rotatable bonds is 8. The summed E-state index contributed by atoms with van der Waals surface area (Å²) < 4.78 is 5.67. The first-order valence-electron chi connectivity index (χ1n) is 9.16. The summed E-state index contributed by atoms with van der Waals surface area (Å²) in [4.78, 5) is 6.71. The van der Waals surface area contributed by atoms with Gasteiger partial charge in [0.25, 0.3) is 0 Å². The lowest BCUT2D eigenvalue weighted by molar-refractivity contribution is 0.242. The Morgan fingerprint density at radius 3 is 2.44 bits per heavy atom. The SMILES string of the molecule is CCN(Cc1ccccc1)c1nncc(Nc2ccc(OC(C)C)cc2)n1. The van der Waals surface area contributed by atoms with E-state index in [1.165, 1.54) is 5.56 Å². The van der Waals surface area contributed by atoms with Crippen molar-refractivity contribution in [1.29, 1.82) is 0 Å². The van der Waals surface area contributed by atoms with Gasteiger partial charge in [0.15, 0.2) is 5.82 Å². The van der Waals surface area contributed by atoms with Gasteiger partial charge in [-0.3, -0.25) is 0 Å². The number of hydrogen-bond donors (Lipinski definition) is 1. The summed E-state index contributed by atoms with van der Waals surface area (Å²) in [5.74, 6) is 2.10. The second-order valence-corrected chi connectivity index (χ2v) is 6.46. The van der Waals surface area contributed by atoms with Gasteiger partial charge in [-0.1, -0.05) is 30.3 Å². The molecule has 1 heterocycles. The fraction of sp³-hybridized carbons (Fsp3) is 0.286. The molecular formula is C21H25N5O. The lowest BCUT2D eigenvalue weighted by Gasteiger charge is -2.20. The summed E-state index contributed by atoms with van der Waals surface area (Å²) in [5.41, 5.74) is 2.13. The molecule has 0 amide bonds. The van der Waals surface area contributed by atoms with Gasteiger partial charge >= 0.3 is 0 Å². The molecule has 0 aliphatic heterocycles. The highest BCUT2D eigenvalue weighted by Crippen LogP contribution is 2.20. The smallest absolute Gasteiger partial charge is 0.247 e. The number of aromatic nitrogens is 3.